The maximum absolute atomic E-state index is 10.7. The molecule has 2 aliphatic heterocycles. The number of fused-ring (bicyclic) bond motifs is 2. The Labute approximate surface area is 113 Å². The van der Waals surface area contributed by atoms with Crippen molar-refractivity contribution in [1.82, 2.24) is 0 Å². The number of ether oxygens (including phenoxy) is 2. The first kappa shape index (κ1) is 12.3. The van der Waals surface area contributed by atoms with Gasteiger partial charge in [-0.2, -0.15) is 0 Å². The molecule has 1 saturated carbocycles. The molecule has 0 aromatic heterocycles. The maximum atomic E-state index is 10.7. The fourth-order valence-corrected chi connectivity index (χ4v) is 4.99. The predicted octanol–water partition coefficient (Wildman–Crippen LogP) is 1.01. The first-order valence-corrected chi connectivity index (χ1v) is 7.19. The van der Waals surface area contributed by atoms with Crippen LogP contribution in [0.2, 0.25) is 0 Å². The summed E-state index contributed by atoms with van der Waals surface area (Å²) in [4.78, 5) is 0. The first-order valence-electron chi connectivity index (χ1n) is 7.19. The van der Waals surface area contributed by atoms with Gasteiger partial charge in [-0.25, -0.2) is 0 Å². The minimum absolute atomic E-state index is 0.0417. The van der Waals surface area contributed by atoms with Crippen LogP contribution in [0.1, 0.15) is 33.6 Å². The summed E-state index contributed by atoms with van der Waals surface area (Å²) in [7, 11) is 0. The smallest absolute Gasteiger partial charge is 0.126 e. The van der Waals surface area contributed by atoms with Crippen molar-refractivity contribution < 1.29 is 19.7 Å². The second-order valence-electron chi connectivity index (χ2n) is 7.19. The Morgan fingerprint density at radius 1 is 1.26 bits per heavy atom. The Kier molecular flexibility index (Phi) is 2.11. The van der Waals surface area contributed by atoms with Gasteiger partial charge in [-0.1, -0.05) is 25.5 Å². The van der Waals surface area contributed by atoms with E-state index in [-0.39, 0.29) is 17.8 Å². The lowest BCUT2D eigenvalue weighted by Gasteiger charge is -2.59. The third kappa shape index (κ3) is 1.09. The molecule has 2 N–H and O–H groups in total. The third-order valence-corrected chi connectivity index (χ3v) is 6.62. The van der Waals surface area contributed by atoms with Crippen LogP contribution in [0.25, 0.3) is 0 Å². The molecule has 4 nitrogen and oxygen atoms in total. The van der Waals surface area contributed by atoms with Crippen LogP contribution in [0.4, 0.5) is 0 Å². The zero-order valence-electron chi connectivity index (χ0n) is 11.7. The van der Waals surface area contributed by atoms with Crippen molar-refractivity contribution in [1.29, 1.82) is 0 Å². The number of aliphatic hydroxyl groups excluding tert-OH is 2. The summed E-state index contributed by atoms with van der Waals surface area (Å²) in [6.45, 7) is 6.81. The molecule has 19 heavy (non-hydrogen) atoms. The quantitative estimate of drug-likeness (QED) is 0.507. The largest absolute Gasteiger partial charge is 0.392 e. The molecule has 2 heterocycles. The molecule has 7 atom stereocenters. The van der Waals surface area contributed by atoms with E-state index in [9.17, 15) is 10.2 Å². The van der Waals surface area contributed by atoms with Gasteiger partial charge in [0.1, 0.15) is 5.60 Å². The lowest BCUT2D eigenvalue weighted by Crippen LogP contribution is -2.67. The Hall–Kier alpha value is -0.420. The van der Waals surface area contributed by atoms with Crippen LogP contribution in [-0.2, 0) is 9.47 Å². The average Bonchev–Trinajstić information content (AvgIpc) is 3.09. The first-order chi connectivity index (χ1) is 8.86. The van der Waals surface area contributed by atoms with Crippen molar-refractivity contribution >= 4 is 0 Å². The average molecular weight is 266 g/mol. The minimum atomic E-state index is -0.498. The molecule has 106 valence electrons. The number of hydrogen-bond acceptors (Lipinski definition) is 4. The van der Waals surface area contributed by atoms with Crippen molar-refractivity contribution in [2.24, 2.45) is 10.8 Å². The number of rotatable bonds is 0. The Bertz CT molecular complexity index is 469. The molecule has 3 fully saturated rings. The van der Waals surface area contributed by atoms with E-state index in [1.165, 1.54) is 5.57 Å². The summed E-state index contributed by atoms with van der Waals surface area (Å²) < 4.78 is 12.0. The van der Waals surface area contributed by atoms with Crippen LogP contribution < -0.4 is 0 Å². The third-order valence-electron chi connectivity index (χ3n) is 6.62. The molecule has 4 heteroatoms. The predicted molar refractivity (Wildman–Crippen MR) is 68.6 cm³/mol. The van der Waals surface area contributed by atoms with E-state index in [0.717, 1.165) is 0 Å². The number of hydrogen-bond donors (Lipinski definition) is 2. The van der Waals surface area contributed by atoms with E-state index >= 15 is 0 Å². The highest BCUT2D eigenvalue weighted by Crippen LogP contribution is 2.71. The molecule has 0 radical (unpaired) electrons. The lowest BCUT2D eigenvalue weighted by molar-refractivity contribution is -0.237. The highest BCUT2D eigenvalue weighted by Gasteiger charge is 2.81. The molecule has 0 aromatic rings. The van der Waals surface area contributed by atoms with Gasteiger partial charge < -0.3 is 19.7 Å². The van der Waals surface area contributed by atoms with E-state index in [1.54, 1.807) is 0 Å². The molecular weight excluding hydrogens is 244 g/mol. The van der Waals surface area contributed by atoms with Crippen molar-refractivity contribution in [2.45, 2.75) is 63.6 Å². The van der Waals surface area contributed by atoms with Crippen molar-refractivity contribution in [3.63, 3.8) is 0 Å². The molecule has 1 spiro atoms. The Balaban J connectivity index is 1.91. The molecule has 2 aliphatic carbocycles. The van der Waals surface area contributed by atoms with Gasteiger partial charge in [-0.05, 0) is 13.3 Å². The standard InChI is InChI=1S/C15H22O4/c1-8-4-9(16)13(2)11(5-8)19-12-6-10(17)14(13,3)15(12)7-18-15/h5,9-12,16-17H,4,6-7H2,1-3H3/t9-,10-,11-,12-,13+,14-,15-/m1/s1. The molecule has 0 amide bonds. The topological polar surface area (TPSA) is 62.2 Å². The number of epoxide rings is 1. The summed E-state index contributed by atoms with van der Waals surface area (Å²) in [5.41, 5.74) is -0.141. The molecular formula is C15H22O4. The Morgan fingerprint density at radius 2 is 1.95 bits per heavy atom. The van der Waals surface area contributed by atoms with Crippen LogP contribution in [0.3, 0.4) is 0 Å². The summed E-state index contributed by atoms with van der Waals surface area (Å²) in [6, 6.07) is 0. The second kappa shape index (κ2) is 3.25. The molecule has 4 aliphatic rings. The van der Waals surface area contributed by atoms with Gasteiger partial charge in [0, 0.05) is 17.3 Å². The van der Waals surface area contributed by atoms with E-state index in [0.29, 0.717) is 19.4 Å². The number of aliphatic hydroxyl groups is 2. The highest BCUT2D eigenvalue weighted by molar-refractivity contribution is 5.33. The van der Waals surface area contributed by atoms with Crippen molar-refractivity contribution in [3.05, 3.63) is 11.6 Å². The monoisotopic (exact) mass is 266 g/mol. The van der Waals surface area contributed by atoms with E-state index in [2.05, 4.69) is 19.9 Å². The highest BCUT2D eigenvalue weighted by atomic mass is 16.6. The maximum Gasteiger partial charge on any atom is 0.126 e. The zero-order chi connectivity index (χ0) is 13.6. The van der Waals surface area contributed by atoms with Crippen LogP contribution in [-0.4, -0.2) is 46.8 Å². The van der Waals surface area contributed by atoms with Gasteiger partial charge in [0.25, 0.3) is 0 Å². The van der Waals surface area contributed by atoms with E-state index < -0.39 is 23.0 Å². The second-order valence-corrected chi connectivity index (χ2v) is 7.19. The molecule has 0 aromatic carbocycles. The molecule has 2 saturated heterocycles. The van der Waals surface area contributed by atoms with Gasteiger partial charge in [0.15, 0.2) is 0 Å². The van der Waals surface area contributed by atoms with Crippen molar-refractivity contribution in [3.8, 4) is 0 Å². The lowest BCUT2D eigenvalue weighted by atomic mass is 9.51. The summed E-state index contributed by atoms with van der Waals surface area (Å²) >= 11 is 0. The molecule has 4 rings (SSSR count). The normalized spacial score (nSPS) is 62.9. The minimum Gasteiger partial charge on any atom is -0.392 e. The van der Waals surface area contributed by atoms with Gasteiger partial charge >= 0.3 is 0 Å². The fraction of sp³-hybridized carbons (Fsp3) is 0.867. The van der Waals surface area contributed by atoms with Crippen LogP contribution in [0, 0.1) is 10.8 Å². The van der Waals surface area contributed by atoms with Crippen LogP contribution in [0.5, 0.6) is 0 Å². The summed E-state index contributed by atoms with van der Waals surface area (Å²) in [6.07, 6.45) is 2.25. The van der Waals surface area contributed by atoms with Gasteiger partial charge in [-0.15, -0.1) is 0 Å². The molecule has 0 unspecified atom stereocenters. The van der Waals surface area contributed by atoms with E-state index in [1.807, 2.05) is 6.92 Å². The van der Waals surface area contributed by atoms with Gasteiger partial charge in [0.05, 0.1) is 31.0 Å². The summed E-state index contributed by atoms with van der Waals surface area (Å²) in [5.74, 6) is 0. The Morgan fingerprint density at radius 3 is 2.58 bits per heavy atom. The van der Waals surface area contributed by atoms with Gasteiger partial charge in [-0.3, -0.25) is 0 Å². The van der Waals surface area contributed by atoms with Crippen LogP contribution in [0.15, 0.2) is 11.6 Å². The fourth-order valence-electron chi connectivity index (χ4n) is 4.99. The molecule has 2 bridgehead atoms. The van der Waals surface area contributed by atoms with Gasteiger partial charge in [0.2, 0.25) is 0 Å². The van der Waals surface area contributed by atoms with E-state index in [4.69, 9.17) is 9.47 Å². The van der Waals surface area contributed by atoms with Crippen LogP contribution >= 0.6 is 0 Å². The SMILES string of the molecule is CC1=C[C@H]2O[C@@H]3C[C@@H](O)[C@](C)([C@@]2(C)[C@H](O)C1)[C@@]31CO1. The van der Waals surface area contributed by atoms with Crippen molar-refractivity contribution in [2.75, 3.05) is 6.61 Å². The zero-order valence-corrected chi connectivity index (χ0v) is 11.7. The summed E-state index contributed by atoms with van der Waals surface area (Å²) in [5, 5.41) is 21.3.